The zero-order valence-corrected chi connectivity index (χ0v) is 18.4. The third kappa shape index (κ3) is 5.86. The van der Waals surface area contributed by atoms with Gasteiger partial charge in [0.25, 0.3) is 0 Å². The van der Waals surface area contributed by atoms with Crippen LogP contribution >= 0.6 is 0 Å². The van der Waals surface area contributed by atoms with Gasteiger partial charge >= 0.3 is 24.2 Å². The van der Waals surface area contributed by atoms with E-state index in [4.69, 9.17) is 9.47 Å². The van der Waals surface area contributed by atoms with Gasteiger partial charge in [0.1, 0.15) is 6.61 Å². The van der Waals surface area contributed by atoms with Crippen LogP contribution in [0.2, 0.25) is 0 Å². The van der Waals surface area contributed by atoms with E-state index in [9.17, 15) is 32.7 Å². The number of hydrogen-bond donors (Lipinski definition) is 1. The highest BCUT2D eigenvalue weighted by Gasteiger charge is 2.41. The van der Waals surface area contributed by atoms with Crippen molar-refractivity contribution < 1.29 is 42.1 Å². The lowest BCUT2D eigenvalue weighted by Crippen LogP contribution is -2.45. The summed E-state index contributed by atoms with van der Waals surface area (Å²) in [5.74, 6) is -3.87. The van der Waals surface area contributed by atoms with Gasteiger partial charge in [-0.2, -0.15) is 13.2 Å². The molecule has 34 heavy (non-hydrogen) atoms. The van der Waals surface area contributed by atoms with Gasteiger partial charge in [0, 0.05) is 19.0 Å². The number of rotatable bonds is 6. The van der Waals surface area contributed by atoms with E-state index in [-0.39, 0.29) is 38.3 Å². The number of halogens is 3. The number of likely N-dealkylation sites (tertiary alicyclic amines) is 1. The molecule has 1 fully saturated rings. The average molecular weight is 479 g/mol. The van der Waals surface area contributed by atoms with Gasteiger partial charge < -0.3 is 19.5 Å². The molecule has 0 aliphatic carbocycles. The highest BCUT2D eigenvalue weighted by Crippen LogP contribution is 2.38. The van der Waals surface area contributed by atoms with Crippen LogP contribution in [0.25, 0.3) is 0 Å². The molecule has 2 aromatic rings. The molecule has 182 valence electrons. The Morgan fingerprint density at radius 2 is 1.79 bits per heavy atom. The van der Waals surface area contributed by atoms with Crippen molar-refractivity contribution in [3.63, 3.8) is 0 Å². The van der Waals surface area contributed by atoms with Crippen LogP contribution in [-0.2, 0) is 27.1 Å². The Morgan fingerprint density at radius 1 is 1.09 bits per heavy atom. The summed E-state index contributed by atoms with van der Waals surface area (Å²) in [7, 11) is 0. The summed E-state index contributed by atoms with van der Waals surface area (Å²) >= 11 is 0. The molecule has 0 unspecified atom stereocenters. The van der Waals surface area contributed by atoms with Crippen molar-refractivity contribution in [2.24, 2.45) is 5.92 Å². The van der Waals surface area contributed by atoms with Crippen LogP contribution in [0.15, 0.2) is 48.5 Å². The molecule has 0 spiro atoms. The fourth-order valence-corrected chi connectivity index (χ4v) is 4.02. The van der Waals surface area contributed by atoms with Crippen molar-refractivity contribution in [2.75, 3.05) is 19.7 Å². The Kier molecular flexibility index (Phi) is 7.80. The van der Waals surface area contributed by atoms with Crippen LogP contribution in [0.4, 0.5) is 18.0 Å². The fraction of sp³-hybridized carbons (Fsp3) is 0.375. The number of hydrogen-bond acceptors (Lipinski definition) is 5. The number of amides is 1. The number of carboxylic acids is 1. The average Bonchev–Trinajstić information content (AvgIpc) is 2.82. The van der Waals surface area contributed by atoms with Crippen LogP contribution in [0.3, 0.4) is 0 Å². The number of carbonyl (C=O) groups is 3. The number of esters is 1. The maximum absolute atomic E-state index is 13.2. The molecule has 3 rings (SSSR count). The van der Waals surface area contributed by atoms with Crippen molar-refractivity contribution in [1.29, 1.82) is 0 Å². The molecule has 1 amide bonds. The lowest BCUT2D eigenvalue weighted by molar-refractivity contribution is -0.150. The van der Waals surface area contributed by atoms with E-state index in [2.05, 4.69) is 0 Å². The molecule has 7 nitrogen and oxygen atoms in total. The van der Waals surface area contributed by atoms with Gasteiger partial charge in [-0.3, -0.25) is 4.79 Å². The van der Waals surface area contributed by atoms with Crippen LogP contribution < -0.4 is 0 Å². The van der Waals surface area contributed by atoms with E-state index >= 15 is 0 Å². The lowest BCUT2D eigenvalue weighted by atomic mass is 9.78. The Morgan fingerprint density at radius 3 is 2.41 bits per heavy atom. The van der Waals surface area contributed by atoms with Gasteiger partial charge in [0.05, 0.1) is 23.7 Å². The van der Waals surface area contributed by atoms with E-state index in [0.717, 1.165) is 17.7 Å². The number of aromatic carboxylic acids is 1. The van der Waals surface area contributed by atoms with Crippen LogP contribution in [0.1, 0.15) is 46.3 Å². The molecule has 1 heterocycles. The number of benzene rings is 2. The first-order valence-electron chi connectivity index (χ1n) is 10.7. The SMILES string of the molecule is CCOC(=O)[C@H]1CCN(C(=O)OCc2ccccc2)C[C@H]1c1ccc(C(F)(F)F)cc1C(=O)O. The largest absolute Gasteiger partial charge is 0.478 e. The molecule has 0 bridgehead atoms. The number of alkyl halides is 3. The normalized spacial score (nSPS) is 18.3. The molecule has 2 aromatic carbocycles. The van der Waals surface area contributed by atoms with E-state index in [1.165, 1.54) is 4.90 Å². The van der Waals surface area contributed by atoms with Crippen molar-refractivity contribution in [1.82, 2.24) is 4.90 Å². The van der Waals surface area contributed by atoms with Crippen molar-refractivity contribution in [3.05, 3.63) is 70.8 Å². The topological polar surface area (TPSA) is 93.1 Å². The predicted molar refractivity (Wildman–Crippen MR) is 114 cm³/mol. The second-order valence-corrected chi connectivity index (χ2v) is 7.84. The first-order chi connectivity index (χ1) is 16.1. The summed E-state index contributed by atoms with van der Waals surface area (Å²) in [6, 6.07) is 11.4. The first kappa shape index (κ1) is 25.1. The second kappa shape index (κ2) is 10.6. The molecule has 1 N–H and O–H groups in total. The second-order valence-electron chi connectivity index (χ2n) is 7.84. The minimum atomic E-state index is -4.73. The maximum atomic E-state index is 13.2. The zero-order chi connectivity index (χ0) is 24.9. The molecule has 0 radical (unpaired) electrons. The molecular weight excluding hydrogens is 455 g/mol. The fourth-order valence-electron chi connectivity index (χ4n) is 4.02. The first-order valence-corrected chi connectivity index (χ1v) is 10.7. The van der Waals surface area contributed by atoms with Crippen LogP contribution in [-0.4, -0.2) is 47.7 Å². The van der Waals surface area contributed by atoms with Crippen LogP contribution in [0, 0.1) is 5.92 Å². The third-order valence-corrected chi connectivity index (χ3v) is 5.68. The van der Waals surface area contributed by atoms with Gasteiger partial charge in [0.15, 0.2) is 0 Å². The summed E-state index contributed by atoms with van der Waals surface area (Å²) in [4.78, 5) is 38.4. The van der Waals surface area contributed by atoms with Gasteiger partial charge in [-0.05, 0) is 36.6 Å². The van der Waals surface area contributed by atoms with E-state index in [0.29, 0.717) is 6.07 Å². The molecule has 0 saturated carbocycles. The highest BCUT2D eigenvalue weighted by molar-refractivity contribution is 5.90. The molecule has 2 atom stereocenters. The summed E-state index contributed by atoms with van der Waals surface area (Å²) in [6.45, 7) is 1.76. The van der Waals surface area contributed by atoms with Crippen molar-refractivity contribution in [3.8, 4) is 0 Å². The molecular formula is C24H24F3NO6. The standard InChI is InChI=1S/C24H24F3NO6/c1-2-33-22(31)18-10-11-28(23(32)34-14-15-6-4-3-5-7-15)13-20(18)17-9-8-16(24(25,26)27)12-19(17)21(29)30/h3-9,12,18,20H,2,10-11,13-14H2,1H3,(H,29,30)/t18-,20-/m0/s1. The molecule has 1 saturated heterocycles. The Balaban J connectivity index is 1.89. The van der Waals surface area contributed by atoms with Crippen LogP contribution in [0.5, 0.6) is 0 Å². The Labute approximate surface area is 194 Å². The molecule has 1 aliphatic heterocycles. The minimum Gasteiger partial charge on any atom is -0.478 e. The van der Waals surface area contributed by atoms with Gasteiger partial charge in [-0.25, -0.2) is 9.59 Å². The Bertz CT molecular complexity index is 1040. The van der Waals surface area contributed by atoms with Gasteiger partial charge in [-0.15, -0.1) is 0 Å². The number of carbonyl (C=O) groups excluding carboxylic acids is 2. The zero-order valence-electron chi connectivity index (χ0n) is 18.4. The van der Waals surface area contributed by atoms with E-state index < -0.39 is 47.2 Å². The summed E-state index contributed by atoms with van der Waals surface area (Å²) in [5.41, 5.74) is -0.895. The smallest absolute Gasteiger partial charge is 0.416 e. The number of ether oxygens (including phenoxy) is 2. The lowest BCUT2D eigenvalue weighted by Gasteiger charge is -2.37. The predicted octanol–water partition coefficient (Wildman–Crippen LogP) is 4.71. The van der Waals surface area contributed by atoms with E-state index in [1.807, 2.05) is 6.07 Å². The maximum Gasteiger partial charge on any atom is 0.416 e. The number of piperidine rings is 1. The minimum absolute atomic E-state index is 0.0167. The van der Waals surface area contributed by atoms with E-state index in [1.54, 1.807) is 31.2 Å². The summed E-state index contributed by atoms with van der Waals surface area (Å²) in [6.07, 6.45) is -5.26. The van der Waals surface area contributed by atoms with Gasteiger partial charge in [-0.1, -0.05) is 36.4 Å². The van der Waals surface area contributed by atoms with Gasteiger partial charge in [0.2, 0.25) is 0 Å². The third-order valence-electron chi connectivity index (χ3n) is 5.68. The van der Waals surface area contributed by atoms with Crippen molar-refractivity contribution >= 4 is 18.0 Å². The molecule has 0 aromatic heterocycles. The summed E-state index contributed by atoms with van der Waals surface area (Å²) in [5, 5.41) is 9.61. The molecule has 10 heteroatoms. The van der Waals surface area contributed by atoms with Crippen molar-refractivity contribution in [2.45, 2.75) is 32.0 Å². The number of carboxylic acid groups (broad SMARTS) is 1. The Hall–Kier alpha value is -3.56. The quantitative estimate of drug-likeness (QED) is 0.604. The number of nitrogens with zero attached hydrogens (tertiary/aromatic N) is 1. The monoisotopic (exact) mass is 479 g/mol. The molecule has 1 aliphatic rings. The highest BCUT2D eigenvalue weighted by atomic mass is 19.4. The summed E-state index contributed by atoms with van der Waals surface area (Å²) < 4.78 is 50.0.